The van der Waals surface area contributed by atoms with E-state index in [1.165, 1.54) is 6.42 Å². The number of carbonyl (C=O) groups excluding carboxylic acids is 2. The van der Waals surface area contributed by atoms with Crippen LogP contribution >= 0.6 is 0 Å². The van der Waals surface area contributed by atoms with Crippen LogP contribution in [0.15, 0.2) is 34.7 Å². The van der Waals surface area contributed by atoms with Crippen LogP contribution in [0.25, 0.3) is 11.3 Å². The van der Waals surface area contributed by atoms with Crippen LogP contribution in [0.2, 0.25) is 0 Å². The van der Waals surface area contributed by atoms with Gasteiger partial charge in [-0.25, -0.2) is 0 Å². The molecule has 3 aliphatic rings. The van der Waals surface area contributed by atoms with Crippen LogP contribution < -0.4 is 5.32 Å². The second kappa shape index (κ2) is 7.69. The number of hydrogen-bond donors (Lipinski definition) is 1. The van der Waals surface area contributed by atoms with E-state index in [0.717, 1.165) is 79.8 Å². The van der Waals surface area contributed by atoms with E-state index in [0.29, 0.717) is 12.5 Å². The third-order valence-electron chi connectivity index (χ3n) is 6.77. The first-order valence-corrected chi connectivity index (χ1v) is 11.0. The van der Waals surface area contributed by atoms with Crippen molar-refractivity contribution in [1.29, 1.82) is 0 Å². The van der Waals surface area contributed by atoms with E-state index >= 15 is 0 Å². The lowest BCUT2D eigenvalue weighted by molar-refractivity contribution is -0.139. The van der Waals surface area contributed by atoms with Crippen molar-refractivity contribution in [3.8, 4) is 11.3 Å². The lowest BCUT2D eigenvalue weighted by Crippen LogP contribution is -2.41. The van der Waals surface area contributed by atoms with Gasteiger partial charge in [0.05, 0.1) is 0 Å². The largest absolute Gasteiger partial charge is 0.461 e. The first kappa shape index (κ1) is 18.5. The summed E-state index contributed by atoms with van der Waals surface area (Å²) in [6, 6.07) is 9.93. The Morgan fingerprint density at radius 1 is 1.00 bits per heavy atom. The second-order valence-electron chi connectivity index (χ2n) is 8.75. The predicted molar refractivity (Wildman–Crippen MR) is 111 cm³/mol. The first-order valence-electron chi connectivity index (χ1n) is 11.0. The zero-order chi connectivity index (χ0) is 19.8. The van der Waals surface area contributed by atoms with E-state index in [4.69, 9.17) is 4.42 Å². The summed E-state index contributed by atoms with van der Waals surface area (Å²) in [6.07, 6.45) is 8.31. The van der Waals surface area contributed by atoms with Crippen LogP contribution in [0, 0.1) is 11.8 Å². The van der Waals surface area contributed by atoms with Crippen LogP contribution in [0.4, 0.5) is 5.69 Å². The fraction of sp³-hybridized carbons (Fsp3) is 0.500. The number of furan rings is 1. The zero-order valence-corrected chi connectivity index (χ0v) is 16.8. The van der Waals surface area contributed by atoms with Crippen molar-refractivity contribution in [1.82, 2.24) is 4.90 Å². The van der Waals surface area contributed by atoms with Gasteiger partial charge in [-0.05, 0) is 43.9 Å². The summed E-state index contributed by atoms with van der Waals surface area (Å²) in [5.74, 6) is 2.62. The standard InChI is InChI=1S/C24H28N2O3/c27-23(16-5-1-2-6-16)25-20-10-4-9-18(13-20)22-14-19-15-26(12-11-21(19)29-22)24(28)17-7-3-8-17/h4,9-10,13-14,16-17H,1-3,5-8,11-12,15H2,(H,25,27). The number of anilines is 1. The fourth-order valence-corrected chi connectivity index (χ4v) is 4.76. The highest BCUT2D eigenvalue weighted by Gasteiger charge is 2.32. The van der Waals surface area contributed by atoms with Crippen LogP contribution in [0.5, 0.6) is 0 Å². The molecule has 0 saturated heterocycles. The van der Waals surface area contributed by atoms with Crippen LogP contribution in [0.1, 0.15) is 56.3 Å². The van der Waals surface area contributed by atoms with Crippen LogP contribution in [0.3, 0.4) is 0 Å². The topological polar surface area (TPSA) is 62.6 Å². The molecule has 0 spiro atoms. The SMILES string of the molecule is O=C(Nc1cccc(-c2cc3c(o2)CCN(C(=O)C2CCC2)C3)c1)C1CCCC1. The first-order chi connectivity index (χ1) is 14.2. The van der Waals surface area contributed by atoms with Crippen molar-refractivity contribution in [3.63, 3.8) is 0 Å². The molecule has 0 atom stereocenters. The Bertz CT molecular complexity index is 922. The van der Waals surface area contributed by atoms with Crippen molar-refractivity contribution in [3.05, 3.63) is 41.7 Å². The smallest absolute Gasteiger partial charge is 0.227 e. The average Bonchev–Trinajstić information content (AvgIpc) is 3.36. The molecule has 1 aromatic carbocycles. The van der Waals surface area contributed by atoms with E-state index in [-0.39, 0.29) is 17.7 Å². The van der Waals surface area contributed by atoms with Crippen molar-refractivity contribution in [2.45, 2.75) is 57.9 Å². The monoisotopic (exact) mass is 392 g/mol. The highest BCUT2D eigenvalue weighted by atomic mass is 16.3. The molecular formula is C24H28N2O3. The molecule has 0 radical (unpaired) electrons. The van der Waals surface area contributed by atoms with Crippen molar-refractivity contribution in [2.75, 3.05) is 11.9 Å². The highest BCUT2D eigenvalue weighted by Crippen LogP contribution is 2.34. The van der Waals surface area contributed by atoms with Gasteiger partial charge < -0.3 is 14.6 Å². The third-order valence-corrected chi connectivity index (χ3v) is 6.77. The van der Waals surface area contributed by atoms with Gasteiger partial charge in [0, 0.05) is 48.2 Å². The van der Waals surface area contributed by atoms with Crippen molar-refractivity contribution < 1.29 is 14.0 Å². The minimum absolute atomic E-state index is 0.128. The summed E-state index contributed by atoms with van der Waals surface area (Å²) in [5, 5.41) is 3.07. The van der Waals surface area contributed by atoms with E-state index in [9.17, 15) is 9.59 Å². The van der Waals surface area contributed by atoms with E-state index in [1.807, 2.05) is 29.2 Å². The molecule has 1 aliphatic heterocycles. The molecule has 2 heterocycles. The van der Waals surface area contributed by atoms with Gasteiger partial charge in [0.15, 0.2) is 0 Å². The molecule has 29 heavy (non-hydrogen) atoms. The fourth-order valence-electron chi connectivity index (χ4n) is 4.76. The van der Waals surface area contributed by atoms with Crippen molar-refractivity contribution in [2.24, 2.45) is 11.8 Å². The molecule has 2 fully saturated rings. The molecule has 5 rings (SSSR count). The maximum absolute atomic E-state index is 12.6. The Balaban J connectivity index is 1.30. The summed E-state index contributed by atoms with van der Waals surface area (Å²) in [5.41, 5.74) is 2.88. The Kier molecular flexibility index (Phi) is 4.90. The number of hydrogen-bond acceptors (Lipinski definition) is 3. The molecule has 0 unspecified atom stereocenters. The Morgan fingerprint density at radius 3 is 2.55 bits per heavy atom. The molecule has 2 aromatic rings. The quantitative estimate of drug-likeness (QED) is 0.816. The molecule has 1 aromatic heterocycles. The lowest BCUT2D eigenvalue weighted by Gasteiger charge is -2.33. The minimum atomic E-state index is 0.128. The van der Waals surface area contributed by atoms with E-state index in [2.05, 4.69) is 11.4 Å². The second-order valence-corrected chi connectivity index (χ2v) is 8.75. The predicted octanol–water partition coefficient (Wildman–Crippen LogP) is 4.76. The summed E-state index contributed by atoms with van der Waals surface area (Å²) in [6.45, 7) is 1.39. The summed E-state index contributed by atoms with van der Waals surface area (Å²) < 4.78 is 6.13. The van der Waals surface area contributed by atoms with Gasteiger partial charge in [0.1, 0.15) is 11.5 Å². The maximum Gasteiger partial charge on any atom is 0.227 e. The molecule has 2 saturated carbocycles. The summed E-state index contributed by atoms with van der Waals surface area (Å²) in [4.78, 5) is 27.0. The molecule has 5 nitrogen and oxygen atoms in total. The maximum atomic E-state index is 12.6. The Hall–Kier alpha value is -2.56. The lowest BCUT2D eigenvalue weighted by atomic mass is 9.84. The van der Waals surface area contributed by atoms with Gasteiger partial charge in [-0.1, -0.05) is 31.4 Å². The number of benzene rings is 1. The number of nitrogens with zero attached hydrogens (tertiary/aromatic N) is 1. The van der Waals surface area contributed by atoms with Gasteiger partial charge in [0.25, 0.3) is 0 Å². The zero-order valence-electron chi connectivity index (χ0n) is 16.8. The van der Waals surface area contributed by atoms with E-state index in [1.54, 1.807) is 0 Å². The van der Waals surface area contributed by atoms with Gasteiger partial charge >= 0.3 is 0 Å². The molecule has 1 N–H and O–H groups in total. The van der Waals surface area contributed by atoms with Crippen LogP contribution in [-0.4, -0.2) is 23.3 Å². The van der Waals surface area contributed by atoms with Crippen LogP contribution in [-0.2, 0) is 22.6 Å². The van der Waals surface area contributed by atoms with Gasteiger partial charge in [-0.3, -0.25) is 9.59 Å². The van der Waals surface area contributed by atoms with Gasteiger partial charge in [0.2, 0.25) is 11.8 Å². The molecule has 5 heteroatoms. The number of amides is 2. The number of rotatable bonds is 4. The summed E-state index contributed by atoms with van der Waals surface area (Å²) >= 11 is 0. The molecular weight excluding hydrogens is 364 g/mol. The highest BCUT2D eigenvalue weighted by molar-refractivity contribution is 5.93. The summed E-state index contributed by atoms with van der Waals surface area (Å²) in [7, 11) is 0. The molecule has 152 valence electrons. The molecule has 0 bridgehead atoms. The Morgan fingerprint density at radius 2 is 1.79 bits per heavy atom. The normalized spacial score (nSPS) is 19.7. The van der Waals surface area contributed by atoms with Gasteiger partial charge in [-0.2, -0.15) is 0 Å². The third kappa shape index (κ3) is 3.70. The van der Waals surface area contributed by atoms with E-state index < -0.39 is 0 Å². The van der Waals surface area contributed by atoms with Crippen molar-refractivity contribution >= 4 is 17.5 Å². The molecule has 2 aliphatic carbocycles. The number of carbonyl (C=O) groups is 2. The minimum Gasteiger partial charge on any atom is -0.461 e. The Labute approximate surface area is 171 Å². The number of nitrogens with one attached hydrogen (secondary N) is 1. The van der Waals surface area contributed by atoms with Gasteiger partial charge in [-0.15, -0.1) is 0 Å². The molecule has 2 amide bonds. The average molecular weight is 392 g/mol. The number of fused-ring (bicyclic) bond motifs is 1.